The van der Waals surface area contributed by atoms with Gasteiger partial charge in [-0.3, -0.25) is 4.79 Å². The molecule has 1 saturated carbocycles. The molecule has 0 aromatic carbocycles. The minimum absolute atomic E-state index is 0.385. The molecular weight excluding hydrogens is 180 g/mol. The zero-order valence-electron chi connectivity index (χ0n) is 8.99. The number of aliphatic hydroxyl groups excluding tert-OH is 1. The molecule has 3 heteroatoms. The maximum Gasteiger partial charge on any atom is 0.306 e. The van der Waals surface area contributed by atoms with Gasteiger partial charge >= 0.3 is 5.97 Å². The van der Waals surface area contributed by atoms with E-state index in [1.54, 1.807) is 6.92 Å². The van der Waals surface area contributed by atoms with E-state index in [0.29, 0.717) is 0 Å². The number of hydrogen-bond acceptors (Lipinski definition) is 2. The van der Waals surface area contributed by atoms with Crippen molar-refractivity contribution in [2.45, 2.75) is 52.1 Å². The molecule has 1 fully saturated rings. The minimum atomic E-state index is -0.784. The predicted molar refractivity (Wildman–Crippen MR) is 54.0 cm³/mol. The van der Waals surface area contributed by atoms with Crippen molar-refractivity contribution in [3.05, 3.63) is 0 Å². The largest absolute Gasteiger partial charge is 0.481 e. The van der Waals surface area contributed by atoms with E-state index in [0.717, 1.165) is 32.1 Å². The molecule has 0 heterocycles. The van der Waals surface area contributed by atoms with Gasteiger partial charge in [-0.05, 0) is 19.3 Å². The summed E-state index contributed by atoms with van der Waals surface area (Å²) in [4.78, 5) is 11.0. The van der Waals surface area contributed by atoms with Gasteiger partial charge in [0.05, 0.1) is 12.0 Å². The Morgan fingerprint density at radius 2 is 2.21 bits per heavy atom. The third-order valence-corrected chi connectivity index (χ3v) is 3.92. The Labute approximate surface area is 85.1 Å². The van der Waals surface area contributed by atoms with E-state index in [1.807, 2.05) is 6.92 Å². The van der Waals surface area contributed by atoms with Crippen LogP contribution in [0.2, 0.25) is 0 Å². The number of aliphatic carboxylic acids is 1. The van der Waals surface area contributed by atoms with E-state index in [1.165, 1.54) is 0 Å². The summed E-state index contributed by atoms with van der Waals surface area (Å²) in [7, 11) is 0. The minimum Gasteiger partial charge on any atom is -0.481 e. The maximum atomic E-state index is 11.0. The highest BCUT2D eigenvalue weighted by atomic mass is 16.4. The van der Waals surface area contributed by atoms with Crippen LogP contribution in [-0.4, -0.2) is 22.3 Å². The fourth-order valence-electron chi connectivity index (χ4n) is 2.72. The average molecular weight is 200 g/mol. The molecule has 3 nitrogen and oxygen atoms in total. The van der Waals surface area contributed by atoms with Crippen LogP contribution in [0.3, 0.4) is 0 Å². The lowest BCUT2D eigenvalue weighted by Gasteiger charge is -2.43. The smallest absolute Gasteiger partial charge is 0.306 e. The van der Waals surface area contributed by atoms with Gasteiger partial charge in [0.2, 0.25) is 0 Å². The lowest BCUT2D eigenvalue weighted by molar-refractivity contribution is -0.153. The molecule has 1 aliphatic rings. The lowest BCUT2D eigenvalue weighted by atomic mass is 9.63. The summed E-state index contributed by atoms with van der Waals surface area (Å²) in [6.07, 6.45) is 3.98. The Balaban J connectivity index is 2.87. The maximum absolute atomic E-state index is 11.0. The first-order valence-corrected chi connectivity index (χ1v) is 5.45. The highest BCUT2D eigenvalue weighted by molar-refractivity contribution is 5.70. The number of hydrogen-bond donors (Lipinski definition) is 2. The van der Waals surface area contributed by atoms with Gasteiger partial charge in [-0.1, -0.05) is 26.7 Å². The van der Waals surface area contributed by atoms with Gasteiger partial charge in [-0.2, -0.15) is 0 Å². The number of carboxylic acid groups (broad SMARTS) is 1. The first kappa shape index (κ1) is 11.5. The Kier molecular flexibility index (Phi) is 3.53. The van der Waals surface area contributed by atoms with Crippen molar-refractivity contribution >= 4 is 5.97 Å². The zero-order valence-corrected chi connectivity index (χ0v) is 8.99. The monoisotopic (exact) mass is 200 g/mol. The summed E-state index contributed by atoms with van der Waals surface area (Å²) in [5, 5.41) is 19.0. The Morgan fingerprint density at radius 1 is 1.57 bits per heavy atom. The van der Waals surface area contributed by atoms with Crippen LogP contribution in [0.1, 0.15) is 46.0 Å². The Hall–Kier alpha value is -0.570. The van der Waals surface area contributed by atoms with Crippen molar-refractivity contribution in [2.24, 2.45) is 11.3 Å². The second kappa shape index (κ2) is 4.30. The molecule has 2 N–H and O–H groups in total. The van der Waals surface area contributed by atoms with Gasteiger partial charge in [0.1, 0.15) is 0 Å². The normalized spacial score (nSPS) is 35.2. The Morgan fingerprint density at radius 3 is 2.64 bits per heavy atom. The van der Waals surface area contributed by atoms with Crippen molar-refractivity contribution < 1.29 is 15.0 Å². The summed E-state index contributed by atoms with van der Waals surface area (Å²) >= 11 is 0. The van der Waals surface area contributed by atoms with Crippen LogP contribution in [0.15, 0.2) is 0 Å². The second-order valence-corrected chi connectivity index (χ2v) is 4.41. The summed E-state index contributed by atoms with van der Waals surface area (Å²) in [5.41, 5.74) is -0.385. The van der Waals surface area contributed by atoms with Gasteiger partial charge in [-0.15, -0.1) is 0 Å². The molecule has 0 aromatic rings. The van der Waals surface area contributed by atoms with Crippen molar-refractivity contribution in [2.75, 3.05) is 0 Å². The fourth-order valence-corrected chi connectivity index (χ4v) is 2.72. The molecule has 0 aliphatic heterocycles. The molecule has 1 aliphatic carbocycles. The molecule has 0 aromatic heterocycles. The molecular formula is C11H20O3. The van der Waals surface area contributed by atoms with Crippen LogP contribution >= 0.6 is 0 Å². The molecule has 3 unspecified atom stereocenters. The second-order valence-electron chi connectivity index (χ2n) is 4.41. The molecule has 82 valence electrons. The fraction of sp³-hybridized carbons (Fsp3) is 0.909. The van der Waals surface area contributed by atoms with Crippen LogP contribution < -0.4 is 0 Å². The van der Waals surface area contributed by atoms with Gasteiger partial charge in [0.25, 0.3) is 0 Å². The third-order valence-electron chi connectivity index (χ3n) is 3.92. The van der Waals surface area contributed by atoms with E-state index < -0.39 is 18.0 Å². The van der Waals surface area contributed by atoms with Crippen LogP contribution in [-0.2, 0) is 4.79 Å². The highest BCUT2D eigenvalue weighted by Crippen LogP contribution is 2.45. The molecule has 0 spiro atoms. The molecule has 3 atom stereocenters. The number of carbonyl (C=O) groups is 1. The number of aliphatic hydroxyl groups is 1. The van der Waals surface area contributed by atoms with Gasteiger partial charge in [-0.25, -0.2) is 0 Å². The summed E-state index contributed by atoms with van der Waals surface area (Å²) in [6, 6.07) is 0. The molecule has 0 amide bonds. The molecule has 0 bridgehead atoms. The number of rotatable bonds is 3. The van der Waals surface area contributed by atoms with Crippen molar-refractivity contribution in [3.8, 4) is 0 Å². The van der Waals surface area contributed by atoms with Crippen molar-refractivity contribution in [1.29, 1.82) is 0 Å². The number of carboxylic acids is 1. The van der Waals surface area contributed by atoms with E-state index >= 15 is 0 Å². The van der Waals surface area contributed by atoms with Gasteiger partial charge in [0, 0.05) is 5.41 Å². The van der Waals surface area contributed by atoms with Crippen LogP contribution in [0, 0.1) is 11.3 Å². The standard InChI is InChI=1S/C11H20O3/c1-3-11(8(2)10(13)14)7-5-4-6-9(11)12/h8-9,12H,3-7H2,1-2H3,(H,13,14). The van der Waals surface area contributed by atoms with Crippen LogP contribution in [0.5, 0.6) is 0 Å². The van der Waals surface area contributed by atoms with E-state index in [4.69, 9.17) is 5.11 Å². The van der Waals surface area contributed by atoms with Crippen molar-refractivity contribution in [3.63, 3.8) is 0 Å². The van der Waals surface area contributed by atoms with Gasteiger partial charge in [0.15, 0.2) is 0 Å². The SMILES string of the molecule is CCC1(C(C)C(=O)O)CCCCC1O. The van der Waals surface area contributed by atoms with E-state index in [-0.39, 0.29) is 5.41 Å². The van der Waals surface area contributed by atoms with Crippen LogP contribution in [0.25, 0.3) is 0 Å². The zero-order chi connectivity index (χ0) is 10.8. The quantitative estimate of drug-likeness (QED) is 0.733. The molecule has 0 saturated heterocycles. The van der Waals surface area contributed by atoms with Gasteiger partial charge < -0.3 is 10.2 Å². The predicted octanol–water partition coefficient (Wildman–Crippen LogP) is 2.04. The van der Waals surface area contributed by atoms with Crippen molar-refractivity contribution in [1.82, 2.24) is 0 Å². The topological polar surface area (TPSA) is 57.5 Å². The molecule has 14 heavy (non-hydrogen) atoms. The summed E-state index contributed by atoms with van der Waals surface area (Å²) in [5.74, 6) is -1.23. The molecule has 1 rings (SSSR count). The summed E-state index contributed by atoms with van der Waals surface area (Å²) in [6.45, 7) is 3.70. The highest BCUT2D eigenvalue weighted by Gasteiger charge is 2.45. The Bertz CT molecular complexity index is 215. The lowest BCUT2D eigenvalue weighted by Crippen LogP contribution is -2.45. The summed E-state index contributed by atoms with van der Waals surface area (Å²) < 4.78 is 0. The van der Waals surface area contributed by atoms with E-state index in [9.17, 15) is 9.90 Å². The third kappa shape index (κ3) is 1.78. The first-order valence-electron chi connectivity index (χ1n) is 5.45. The molecule has 0 radical (unpaired) electrons. The van der Waals surface area contributed by atoms with Crippen LogP contribution in [0.4, 0.5) is 0 Å². The first-order chi connectivity index (χ1) is 6.54. The van der Waals surface area contributed by atoms with E-state index in [2.05, 4.69) is 0 Å². The average Bonchev–Trinajstić information content (AvgIpc) is 2.18.